The second-order valence-electron chi connectivity index (χ2n) is 6.10. The van der Waals surface area contributed by atoms with E-state index >= 15 is 0 Å². The molecule has 1 amide bonds. The first-order chi connectivity index (χ1) is 12.2. The zero-order valence-electron chi connectivity index (χ0n) is 13.8. The number of methoxy groups -OCH3 is 1. The molecule has 4 rings (SSSR count). The van der Waals surface area contributed by atoms with Crippen molar-refractivity contribution in [2.45, 2.75) is 18.9 Å². The number of aromatic amines is 1. The molecule has 1 atom stereocenters. The van der Waals surface area contributed by atoms with Crippen molar-refractivity contribution < 1.29 is 14.3 Å². The predicted molar refractivity (Wildman–Crippen MR) is 96.5 cm³/mol. The third-order valence-corrected chi connectivity index (χ3v) is 5.72. The number of amides is 1. The van der Waals surface area contributed by atoms with Gasteiger partial charge in [0.25, 0.3) is 0 Å². The molecular formula is C19H18N2O3S. The summed E-state index contributed by atoms with van der Waals surface area (Å²) in [7, 11) is 1.37. The number of H-pyrrole nitrogens is 1. The highest BCUT2D eigenvalue weighted by Crippen LogP contribution is 2.34. The predicted octanol–water partition coefficient (Wildman–Crippen LogP) is 3.07. The zero-order valence-corrected chi connectivity index (χ0v) is 14.6. The minimum Gasteiger partial charge on any atom is -0.467 e. The van der Waals surface area contributed by atoms with Gasteiger partial charge in [-0.05, 0) is 35.1 Å². The van der Waals surface area contributed by atoms with E-state index in [0.717, 1.165) is 33.3 Å². The van der Waals surface area contributed by atoms with Crippen LogP contribution < -0.4 is 0 Å². The van der Waals surface area contributed by atoms with Gasteiger partial charge in [-0.3, -0.25) is 4.79 Å². The number of aromatic nitrogens is 1. The number of carbonyl (C=O) groups is 2. The monoisotopic (exact) mass is 354 g/mol. The smallest absolute Gasteiger partial charge is 0.333 e. The molecule has 128 valence electrons. The third kappa shape index (κ3) is 2.72. The van der Waals surface area contributed by atoms with Gasteiger partial charge in [0.15, 0.2) is 6.04 Å². The zero-order chi connectivity index (χ0) is 17.4. The molecule has 3 heterocycles. The number of esters is 1. The summed E-state index contributed by atoms with van der Waals surface area (Å²) in [6.07, 6.45) is 2.91. The number of nitrogens with zero attached hydrogens (tertiary/aromatic N) is 1. The van der Waals surface area contributed by atoms with Crippen molar-refractivity contribution >= 4 is 34.1 Å². The molecule has 25 heavy (non-hydrogen) atoms. The SMILES string of the molecule is COC(=O)C1c2ccsc2CCN1C(=O)Cc1c[nH]c2ccccc12. The highest BCUT2D eigenvalue weighted by Gasteiger charge is 2.37. The Balaban J connectivity index is 1.63. The number of fused-ring (bicyclic) bond motifs is 2. The molecular weight excluding hydrogens is 336 g/mol. The Hall–Kier alpha value is -2.60. The van der Waals surface area contributed by atoms with Crippen molar-refractivity contribution in [1.29, 1.82) is 0 Å². The van der Waals surface area contributed by atoms with Crippen LogP contribution in [0.3, 0.4) is 0 Å². The Kier molecular flexibility index (Phi) is 4.05. The van der Waals surface area contributed by atoms with E-state index in [4.69, 9.17) is 4.74 Å². The number of nitrogens with one attached hydrogen (secondary N) is 1. The molecule has 1 aromatic carbocycles. The fourth-order valence-corrected chi connectivity index (χ4v) is 4.40. The summed E-state index contributed by atoms with van der Waals surface area (Å²) in [5.74, 6) is -0.441. The van der Waals surface area contributed by atoms with E-state index in [1.165, 1.54) is 7.11 Å². The minimum atomic E-state index is -0.641. The maximum absolute atomic E-state index is 13.0. The van der Waals surface area contributed by atoms with Crippen LogP contribution in [0.5, 0.6) is 0 Å². The van der Waals surface area contributed by atoms with E-state index in [0.29, 0.717) is 6.54 Å². The highest BCUT2D eigenvalue weighted by molar-refractivity contribution is 7.10. The van der Waals surface area contributed by atoms with Gasteiger partial charge in [-0.15, -0.1) is 11.3 Å². The summed E-state index contributed by atoms with van der Waals surface area (Å²) in [5, 5.41) is 3.01. The lowest BCUT2D eigenvalue weighted by Gasteiger charge is -2.34. The van der Waals surface area contributed by atoms with Gasteiger partial charge in [0.05, 0.1) is 13.5 Å². The fraction of sp³-hybridized carbons (Fsp3) is 0.263. The van der Waals surface area contributed by atoms with E-state index in [9.17, 15) is 9.59 Å². The van der Waals surface area contributed by atoms with Gasteiger partial charge in [0, 0.05) is 28.5 Å². The van der Waals surface area contributed by atoms with Crippen molar-refractivity contribution in [1.82, 2.24) is 9.88 Å². The van der Waals surface area contributed by atoms with Gasteiger partial charge in [-0.25, -0.2) is 4.79 Å². The Morgan fingerprint density at radius 3 is 3.00 bits per heavy atom. The quantitative estimate of drug-likeness (QED) is 0.735. The molecule has 0 aliphatic carbocycles. The molecule has 3 aromatic rings. The van der Waals surface area contributed by atoms with Gasteiger partial charge in [-0.2, -0.15) is 0 Å². The number of rotatable bonds is 3. The standard InChI is InChI=1S/C19H18N2O3S/c1-24-19(23)18-14-7-9-25-16(14)6-8-21(18)17(22)10-12-11-20-15-5-3-2-4-13(12)15/h2-5,7,9,11,18,20H,6,8,10H2,1H3. The Morgan fingerprint density at radius 2 is 2.16 bits per heavy atom. The molecule has 0 radical (unpaired) electrons. The number of hydrogen-bond donors (Lipinski definition) is 1. The minimum absolute atomic E-state index is 0.0583. The van der Waals surface area contributed by atoms with Crippen LogP contribution in [0.25, 0.3) is 10.9 Å². The highest BCUT2D eigenvalue weighted by atomic mass is 32.1. The fourth-order valence-electron chi connectivity index (χ4n) is 3.49. The molecule has 0 bridgehead atoms. The van der Waals surface area contributed by atoms with Crippen molar-refractivity contribution in [2.24, 2.45) is 0 Å². The largest absolute Gasteiger partial charge is 0.467 e. The van der Waals surface area contributed by atoms with Crippen LogP contribution in [-0.4, -0.2) is 35.4 Å². The Bertz CT molecular complexity index is 943. The van der Waals surface area contributed by atoms with Gasteiger partial charge in [0.2, 0.25) is 5.91 Å². The number of benzene rings is 1. The first-order valence-corrected chi connectivity index (χ1v) is 9.05. The summed E-state index contributed by atoms with van der Waals surface area (Å²) in [5.41, 5.74) is 2.85. The van der Waals surface area contributed by atoms with Crippen LogP contribution in [0, 0.1) is 0 Å². The second kappa shape index (κ2) is 6.37. The van der Waals surface area contributed by atoms with Crippen LogP contribution in [0.1, 0.15) is 22.0 Å². The van der Waals surface area contributed by atoms with Crippen LogP contribution in [-0.2, 0) is 27.2 Å². The summed E-state index contributed by atoms with van der Waals surface area (Å²) in [6, 6.07) is 9.18. The molecule has 0 saturated carbocycles. The summed E-state index contributed by atoms with van der Waals surface area (Å²) in [4.78, 5) is 31.3. The van der Waals surface area contributed by atoms with Crippen molar-refractivity contribution in [3.63, 3.8) is 0 Å². The number of ether oxygens (including phenoxy) is 1. The van der Waals surface area contributed by atoms with Crippen LogP contribution in [0.4, 0.5) is 0 Å². The van der Waals surface area contributed by atoms with Crippen molar-refractivity contribution in [2.75, 3.05) is 13.7 Å². The number of thiophene rings is 1. The van der Waals surface area contributed by atoms with Gasteiger partial charge in [-0.1, -0.05) is 18.2 Å². The van der Waals surface area contributed by atoms with Crippen LogP contribution in [0.2, 0.25) is 0 Å². The van der Waals surface area contributed by atoms with E-state index in [-0.39, 0.29) is 18.3 Å². The molecule has 0 spiro atoms. The van der Waals surface area contributed by atoms with E-state index in [1.54, 1.807) is 16.2 Å². The molecule has 1 aliphatic rings. The number of para-hydroxylation sites is 1. The van der Waals surface area contributed by atoms with Gasteiger partial charge < -0.3 is 14.6 Å². The maximum Gasteiger partial charge on any atom is 0.333 e. The van der Waals surface area contributed by atoms with Crippen LogP contribution in [0.15, 0.2) is 41.9 Å². The normalized spacial score (nSPS) is 16.7. The average Bonchev–Trinajstić information content (AvgIpc) is 3.27. The average molecular weight is 354 g/mol. The lowest BCUT2D eigenvalue weighted by Crippen LogP contribution is -2.44. The maximum atomic E-state index is 13.0. The summed E-state index contributed by atoms with van der Waals surface area (Å²) < 4.78 is 4.97. The molecule has 2 aromatic heterocycles. The van der Waals surface area contributed by atoms with Gasteiger partial charge in [0.1, 0.15) is 0 Å². The lowest BCUT2D eigenvalue weighted by atomic mass is 9.98. The molecule has 1 N–H and O–H groups in total. The van der Waals surface area contributed by atoms with Crippen LogP contribution >= 0.6 is 11.3 Å². The topological polar surface area (TPSA) is 62.4 Å². The van der Waals surface area contributed by atoms with E-state index in [2.05, 4.69) is 4.98 Å². The number of hydrogen-bond acceptors (Lipinski definition) is 4. The Morgan fingerprint density at radius 1 is 1.32 bits per heavy atom. The van der Waals surface area contributed by atoms with Gasteiger partial charge >= 0.3 is 5.97 Å². The first-order valence-electron chi connectivity index (χ1n) is 8.17. The molecule has 6 heteroatoms. The van der Waals surface area contributed by atoms with Crippen molar-refractivity contribution in [3.05, 3.63) is 57.9 Å². The summed E-state index contributed by atoms with van der Waals surface area (Å²) >= 11 is 1.63. The third-order valence-electron chi connectivity index (χ3n) is 4.73. The lowest BCUT2D eigenvalue weighted by molar-refractivity contribution is -0.153. The molecule has 1 unspecified atom stereocenters. The molecule has 0 fully saturated rings. The first kappa shape index (κ1) is 15.9. The van der Waals surface area contributed by atoms with E-state index < -0.39 is 6.04 Å². The Labute approximate surface area is 149 Å². The molecule has 1 aliphatic heterocycles. The van der Waals surface area contributed by atoms with Crippen molar-refractivity contribution in [3.8, 4) is 0 Å². The molecule has 5 nitrogen and oxygen atoms in total. The summed E-state index contributed by atoms with van der Waals surface area (Å²) in [6.45, 7) is 0.536. The molecule has 0 saturated heterocycles. The number of carbonyl (C=O) groups excluding carboxylic acids is 2. The van der Waals surface area contributed by atoms with E-state index in [1.807, 2.05) is 41.9 Å². The second-order valence-corrected chi connectivity index (χ2v) is 7.10.